The van der Waals surface area contributed by atoms with E-state index in [9.17, 15) is 32.3 Å². The summed E-state index contributed by atoms with van der Waals surface area (Å²) in [6.07, 6.45) is -0.0391. The van der Waals surface area contributed by atoms with Gasteiger partial charge in [-0.05, 0) is 40.2 Å². The molecule has 0 radical (unpaired) electrons. The van der Waals surface area contributed by atoms with Gasteiger partial charge in [0.1, 0.15) is 17.1 Å². The zero-order valence-corrected chi connectivity index (χ0v) is 23.0. The Labute approximate surface area is 237 Å². The Kier molecular flexibility index (Phi) is 9.62. The van der Waals surface area contributed by atoms with E-state index in [0.29, 0.717) is 16.3 Å². The van der Waals surface area contributed by atoms with E-state index in [-0.39, 0.29) is 17.9 Å². The van der Waals surface area contributed by atoms with Crippen LogP contribution >= 0.6 is 35.3 Å². The highest BCUT2D eigenvalue weighted by atomic mass is 32.2. The van der Waals surface area contributed by atoms with E-state index in [1.54, 1.807) is 37.3 Å². The minimum atomic E-state index is -4.60. The van der Waals surface area contributed by atoms with Gasteiger partial charge < -0.3 is 14.8 Å². The number of esters is 2. The van der Waals surface area contributed by atoms with Gasteiger partial charge in [0.15, 0.2) is 0 Å². The molecule has 2 aliphatic heterocycles. The molecule has 1 aromatic carbocycles. The predicted octanol–water partition coefficient (Wildman–Crippen LogP) is 1.87. The molecule has 2 aliphatic rings. The van der Waals surface area contributed by atoms with Crippen LogP contribution in [0.4, 0.5) is 13.2 Å². The molecule has 12 nitrogen and oxygen atoms in total. The highest BCUT2D eigenvalue weighted by Crippen LogP contribution is 2.43. The Bertz CT molecular complexity index is 1280. The van der Waals surface area contributed by atoms with Crippen molar-refractivity contribution in [3.05, 3.63) is 47.2 Å². The van der Waals surface area contributed by atoms with Crippen molar-refractivity contribution in [3.63, 3.8) is 0 Å². The molecule has 1 aromatic heterocycles. The van der Waals surface area contributed by atoms with Gasteiger partial charge in [-0.25, -0.2) is 9.89 Å². The smallest absolute Gasteiger partial charge is 0.428 e. The van der Waals surface area contributed by atoms with Crippen molar-refractivity contribution in [1.82, 2.24) is 30.8 Å². The summed E-state index contributed by atoms with van der Waals surface area (Å²) in [5, 5.41) is 14.9. The third-order valence-electron chi connectivity index (χ3n) is 5.58. The molecule has 0 bridgehead atoms. The third kappa shape index (κ3) is 7.48. The number of ether oxygens (including phenoxy) is 2. The monoisotopic (exact) mass is 618 g/mol. The molecule has 0 spiro atoms. The summed E-state index contributed by atoms with van der Waals surface area (Å²) in [5.41, 5.74) is -3.50. The number of carbonyl (C=O) groups excluding carboxylic acids is 4. The molecule has 0 saturated carbocycles. The molecule has 3 atom stereocenters. The molecule has 18 heteroatoms. The molecular formula is C22H21F3N6O6S3. The number of nitrogens with zero attached hydrogens (tertiary/aromatic N) is 4. The first-order valence-electron chi connectivity index (χ1n) is 11.5. The van der Waals surface area contributed by atoms with E-state index in [4.69, 9.17) is 9.47 Å². The molecule has 2 unspecified atom stereocenters. The molecule has 4 rings (SSSR count). The predicted molar refractivity (Wildman–Crippen MR) is 137 cm³/mol. The van der Waals surface area contributed by atoms with E-state index in [1.807, 2.05) is 0 Å². The molecule has 1 fully saturated rings. The Morgan fingerprint density at radius 3 is 2.67 bits per heavy atom. The lowest BCUT2D eigenvalue weighted by molar-refractivity contribution is -0.167. The van der Waals surface area contributed by atoms with Crippen molar-refractivity contribution in [2.45, 2.75) is 40.7 Å². The Hall–Kier alpha value is -3.25. The first-order valence-corrected chi connectivity index (χ1v) is 14.4. The van der Waals surface area contributed by atoms with Crippen molar-refractivity contribution < 1.29 is 41.8 Å². The van der Waals surface area contributed by atoms with E-state index in [0.717, 1.165) is 4.90 Å². The highest BCUT2D eigenvalue weighted by Gasteiger charge is 2.55. The third-order valence-corrected chi connectivity index (χ3v) is 8.65. The maximum Gasteiger partial charge on any atom is 0.442 e. The highest BCUT2D eigenvalue weighted by molar-refractivity contribution is 8.01. The normalized spacial score (nSPS) is 19.4. The number of halogens is 3. The van der Waals surface area contributed by atoms with Crippen molar-refractivity contribution in [1.29, 1.82) is 0 Å². The Morgan fingerprint density at radius 2 is 2.00 bits per heavy atom. The minimum Gasteiger partial charge on any atom is -0.428 e. The van der Waals surface area contributed by atoms with Crippen LogP contribution in [0, 0.1) is 0 Å². The molecule has 2 amide bonds. The standard InChI is InChI=1S/C22H21F3N6O6S3/c1-11(40-21-27-29-30-28-21)13-8-38-19-16(26-14(32)9-39-22(23,24)25)18(34)31(19)17(13)20(35)37-10-36-15(33)7-12-5-3-2-4-6-12/h2-6,11,16,19H,7-10H2,1H3,(H,26,32)(H,27,28,29,30)/t11?,16?,19-/m0/s1. The van der Waals surface area contributed by atoms with Crippen LogP contribution in [-0.2, 0) is 35.1 Å². The summed E-state index contributed by atoms with van der Waals surface area (Å²) < 4.78 is 47.5. The van der Waals surface area contributed by atoms with Crippen LogP contribution in [0.1, 0.15) is 12.5 Å². The Morgan fingerprint density at radius 1 is 1.25 bits per heavy atom. The number of tetrazole rings is 1. The fraction of sp³-hybridized carbons (Fsp3) is 0.409. The number of nitrogens with one attached hydrogen (secondary N) is 2. The van der Waals surface area contributed by atoms with Gasteiger partial charge in [0.2, 0.25) is 17.9 Å². The fourth-order valence-electron chi connectivity index (χ4n) is 3.78. The summed E-state index contributed by atoms with van der Waals surface area (Å²) in [7, 11) is 0. The van der Waals surface area contributed by atoms with Crippen LogP contribution in [0.25, 0.3) is 0 Å². The molecule has 0 aliphatic carbocycles. The van der Waals surface area contributed by atoms with E-state index < -0.39 is 70.2 Å². The number of aromatic amines is 1. The van der Waals surface area contributed by atoms with Gasteiger partial charge in [-0.2, -0.15) is 13.2 Å². The van der Waals surface area contributed by atoms with Gasteiger partial charge in [0, 0.05) is 11.0 Å². The number of carbonyl (C=O) groups is 4. The van der Waals surface area contributed by atoms with E-state index >= 15 is 0 Å². The largest absolute Gasteiger partial charge is 0.442 e. The van der Waals surface area contributed by atoms with Crippen molar-refractivity contribution in [2.24, 2.45) is 0 Å². The fourth-order valence-corrected chi connectivity index (χ4v) is 6.58. The quantitative estimate of drug-likeness (QED) is 0.163. The number of β-lactam (4-membered cyclic amide) rings is 1. The maximum absolute atomic E-state index is 13.2. The number of H-pyrrole nitrogens is 1. The van der Waals surface area contributed by atoms with Gasteiger partial charge >= 0.3 is 17.4 Å². The number of alkyl halides is 3. The number of hydrogen-bond acceptors (Lipinski definition) is 12. The molecular weight excluding hydrogens is 597 g/mol. The first-order chi connectivity index (χ1) is 19.0. The zero-order valence-electron chi connectivity index (χ0n) is 20.5. The molecule has 3 heterocycles. The second-order valence-corrected chi connectivity index (χ2v) is 11.7. The van der Waals surface area contributed by atoms with Crippen LogP contribution in [0.15, 0.2) is 46.8 Å². The second kappa shape index (κ2) is 12.9. The van der Waals surface area contributed by atoms with Crippen LogP contribution < -0.4 is 5.32 Å². The lowest BCUT2D eigenvalue weighted by atomic mass is 10.0. The topological polar surface area (TPSA) is 156 Å². The number of amides is 2. The Balaban J connectivity index is 1.44. The van der Waals surface area contributed by atoms with Gasteiger partial charge in [-0.1, -0.05) is 42.1 Å². The summed E-state index contributed by atoms with van der Waals surface area (Å²) in [4.78, 5) is 51.5. The molecule has 2 N–H and O–H groups in total. The van der Waals surface area contributed by atoms with Crippen LogP contribution in [0.3, 0.4) is 0 Å². The maximum atomic E-state index is 13.2. The van der Waals surface area contributed by atoms with Gasteiger partial charge in [0.05, 0.1) is 12.2 Å². The average Bonchev–Trinajstić information content (AvgIpc) is 3.42. The van der Waals surface area contributed by atoms with E-state index in [2.05, 4.69) is 25.9 Å². The number of hydrogen-bond donors (Lipinski definition) is 2. The lowest BCUT2D eigenvalue weighted by Crippen LogP contribution is -2.71. The van der Waals surface area contributed by atoms with Crippen molar-refractivity contribution >= 4 is 59.0 Å². The summed E-state index contributed by atoms with van der Waals surface area (Å²) in [5.74, 6) is -3.91. The molecule has 214 valence electrons. The van der Waals surface area contributed by atoms with Crippen LogP contribution in [0.2, 0.25) is 0 Å². The lowest BCUT2D eigenvalue weighted by Gasteiger charge is -2.50. The number of thioether (sulfide) groups is 3. The van der Waals surface area contributed by atoms with Crippen molar-refractivity contribution in [3.8, 4) is 0 Å². The van der Waals surface area contributed by atoms with Crippen molar-refractivity contribution in [2.75, 3.05) is 18.3 Å². The SMILES string of the molecule is CC(Sc1nnn[nH]1)C1=C(C(=O)OCOC(=O)Cc2ccccc2)N2C(=O)C(NC(=O)CSC(F)(F)F)[C@@H]2SC1. The summed E-state index contributed by atoms with van der Waals surface area (Å²) in [6, 6.07) is 7.67. The minimum absolute atomic E-state index is 0.0391. The summed E-state index contributed by atoms with van der Waals surface area (Å²) >= 11 is 1.89. The molecule has 2 aromatic rings. The van der Waals surface area contributed by atoms with Crippen LogP contribution in [0.5, 0.6) is 0 Å². The zero-order chi connectivity index (χ0) is 28.9. The second-order valence-electron chi connectivity index (χ2n) is 8.26. The van der Waals surface area contributed by atoms with E-state index in [1.165, 1.54) is 23.5 Å². The number of aromatic nitrogens is 4. The molecule has 40 heavy (non-hydrogen) atoms. The number of benzene rings is 1. The van der Waals surface area contributed by atoms with Crippen LogP contribution in [-0.4, -0.2) is 89.7 Å². The first kappa shape index (κ1) is 29.7. The van der Waals surface area contributed by atoms with Gasteiger partial charge in [-0.3, -0.25) is 19.3 Å². The number of rotatable bonds is 11. The molecule has 1 saturated heterocycles. The summed E-state index contributed by atoms with van der Waals surface area (Å²) in [6.45, 7) is 1.05. The average molecular weight is 619 g/mol. The van der Waals surface area contributed by atoms with Gasteiger partial charge in [-0.15, -0.1) is 16.9 Å². The van der Waals surface area contributed by atoms with Gasteiger partial charge in [0.25, 0.3) is 5.91 Å². The number of fused-ring (bicyclic) bond motifs is 1.